The maximum atomic E-state index is 10.5. The minimum Gasteiger partial charge on any atom is -0.504 e. The van der Waals surface area contributed by atoms with Gasteiger partial charge in [-0.2, -0.15) is 0 Å². The van der Waals surface area contributed by atoms with Gasteiger partial charge in [-0.1, -0.05) is 0 Å². The molecule has 0 unspecified atom stereocenters. The molecule has 0 aliphatic rings. The molecular formula is C9H5N3O3. The lowest BCUT2D eigenvalue weighted by Crippen LogP contribution is -1.80. The highest BCUT2D eigenvalue weighted by molar-refractivity contribution is 5.97. The van der Waals surface area contributed by atoms with Crippen LogP contribution in [-0.4, -0.2) is 10.1 Å². The van der Waals surface area contributed by atoms with Crippen LogP contribution in [0.4, 0.5) is 11.4 Å². The van der Waals surface area contributed by atoms with Crippen molar-refractivity contribution in [2.24, 2.45) is 10.4 Å². The van der Waals surface area contributed by atoms with Gasteiger partial charge >= 0.3 is 0 Å². The van der Waals surface area contributed by atoms with Gasteiger partial charge in [0.25, 0.3) is 0 Å². The number of nitrogens with zero attached hydrogens (tertiary/aromatic N) is 3. The van der Waals surface area contributed by atoms with Crippen LogP contribution < -0.4 is 0 Å². The van der Waals surface area contributed by atoms with E-state index >= 15 is 0 Å². The fraction of sp³-hybridized carbons (Fsp3) is 0. The minimum absolute atomic E-state index is 0.0329. The molecular weight excluding hydrogens is 198 g/mol. The molecule has 15 heavy (non-hydrogen) atoms. The van der Waals surface area contributed by atoms with E-state index in [1.54, 1.807) is 12.1 Å². The molecule has 0 saturated heterocycles. The summed E-state index contributed by atoms with van der Waals surface area (Å²) in [7, 11) is 0. The van der Waals surface area contributed by atoms with Gasteiger partial charge in [0.05, 0.1) is 0 Å². The molecule has 0 amide bonds. The van der Waals surface area contributed by atoms with Crippen molar-refractivity contribution < 1.29 is 5.11 Å². The summed E-state index contributed by atoms with van der Waals surface area (Å²) >= 11 is 0. The lowest BCUT2D eigenvalue weighted by atomic mass is 10.1. The SMILES string of the molecule is O=Nc1cc(N=O)c2cccnc2c1O. The fourth-order valence-corrected chi connectivity index (χ4v) is 1.34. The van der Waals surface area contributed by atoms with Crippen molar-refractivity contribution in [1.29, 1.82) is 0 Å². The Morgan fingerprint density at radius 2 is 1.93 bits per heavy atom. The molecule has 2 aromatic rings. The summed E-state index contributed by atoms with van der Waals surface area (Å²) in [6.45, 7) is 0. The lowest BCUT2D eigenvalue weighted by molar-refractivity contribution is 0.482. The Morgan fingerprint density at radius 3 is 2.60 bits per heavy atom. The highest BCUT2D eigenvalue weighted by Crippen LogP contribution is 2.39. The van der Waals surface area contributed by atoms with Gasteiger partial charge < -0.3 is 5.11 Å². The molecule has 1 aromatic carbocycles. The number of hydrogen-bond acceptors (Lipinski definition) is 6. The molecule has 0 bridgehead atoms. The standard InChI is InChI=1S/C9H5N3O3/c13-9-7(12-15)4-6(11-14)5-2-1-3-10-8(5)9/h1-4,13H. The van der Waals surface area contributed by atoms with Crippen LogP contribution in [0, 0.1) is 9.81 Å². The molecule has 0 atom stereocenters. The molecule has 6 heteroatoms. The number of hydrogen-bond donors (Lipinski definition) is 1. The third kappa shape index (κ3) is 1.32. The summed E-state index contributed by atoms with van der Waals surface area (Å²) in [6, 6.07) is 4.30. The molecule has 1 aromatic heterocycles. The number of phenolic OH excluding ortho intramolecular Hbond substituents is 1. The first-order chi connectivity index (χ1) is 7.27. The van der Waals surface area contributed by atoms with Crippen LogP contribution in [0.15, 0.2) is 34.7 Å². The van der Waals surface area contributed by atoms with Crippen molar-refractivity contribution >= 4 is 22.3 Å². The number of pyridine rings is 1. The first-order valence-electron chi connectivity index (χ1n) is 4.05. The van der Waals surface area contributed by atoms with E-state index < -0.39 is 0 Å². The van der Waals surface area contributed by atoms with E-state index in [0.29, 0.717) is 5.39 Å². The molecule has 0 spiro atoms. The Bertz CT molecular complexity index is 554. The van der Waals surface area contributed by atoms with Crippen molar-refractivity contribution in [2.45, 2.75) is 0 Å². The van der Waals surface area contributed by atoms with Gasteiger partial charge in [-0.3, -0.25) is 4.98 Å². The van der Waals surface area contributed by atoms with Gasteiger partial charge in [0.15, 0.2) is 11.4 Å². The van der Waals surface area contributed by atoms with Crippen LogP contribution in [0.2, 0.25) is 0 Å². The molecule has 0 saturated carbocycles. The molecule has 6 nitrogen and oxygen atoms in total. The number of nitroso groups, excluding NO2 is 2. The summed E-state index contributed by atoms with van der Waals surface area (Å²) in [5.41, 5.74) is -0.0644. The normalized spacial score (nSPS) is 10.1. The Morgan fingerprint density at radius 1 is 1.20 bits per heavy atom. The predicted molar refractivity (Wildman–Crippen MR) is 54.3 cm³/mol. The van der Waals surface area contributed by atoms with Crippen molar-refractivity contribution in [2.75, 3.05) is 0 Å². The summed E-state index contributed by atoms with van der Waals surface area (Å²) in [4.78, 5) is 24.7. The zero-order valence-corrected chi connectivity index (χ0v) is 7.41. The highest BCUT2D eigenvalue weighted by atomic mass is 16.3. The summed E-state index contributed by atoms with van der Waals surface area (Å²) in [5, 5.41) is 15.3. The van der Waals surface area contributed by atoms with Crippen molar-refractivity contribution in [3.05, 3.63) is 34.2 Å². The molecule has 1 heterocycles. The largest absolute Gasteiger partial charge is 0.504 e. The second kappa shape index (κ2) is 3.41. The number of benzene rings is 1. The first-order valence-corrected chi connectivity index (χ1v) is 4.05. The van der Waals surface area contributed by atoms with E-state index in [2.05, 4.69) is 15.3 Å². The number of fused-ring (bicyclic) bond motifs is 1. The lowest BCUT2D eigenvalue weighted by Gasteiger charge is -2.02. The summed E-state index contributed by atoms with van der Waals surface area (Å²) < 4.78 is 0. The number of phenols is 1. The highest BCUT2D eigenvalue weighted by Gasteiger charge is 2.12. The number of aromatic hydroxyl groups is 1. The zero-order chi connectivity index (χ0) is 10.8. The van der Waals surface area contributed by atoms with E-state index in [9.17, 15) is 14.9 Å². The molecule has 0 radical (unpaired) electrons. The van der Waals surface area contributed by atoms with Crippen molar-refractivity contribution in [3.8, 4) is 5.75 Å². The van der Waals surface area contributed by atoms with Crippen LogP contribution in [0.3, 0.4) is 0 Å². The topological polar surface area (TPSA) is 92.0 Å². The Balaban J connectivity index is 2.96. The second-order valence-electron chi connectivity index (χ2n) is 2.85. The van der Waals surface area contributed by atoms with Crippen LogP contribution in [-0.2, 0) is 0 Å². The van der Waals surface area contributed by atoms with Gasteiger partial charge in [0.1, 0.15) is 11.2 Å². The summed E-state index contributed by atoms with van der Waals surface area (Å²) in [5.74, 6) is -0.340. The van der Waals surface area contributed by atoms with Crippen LogP contribution in [0.5, 0.6) is 5.75 Å². The van der Waals surface area contributed by atoms with Gasteiger partial charge in [-0.05, 0) is 22.5 Å². The maximum absolute atomic E-state index is 10.5. The molecule has 74 valence electrons. The molecule has 2 rings (SSSR count). The third-order valence-electron chi connectivity index (χ3n) is 2.02. The van der Waals surface area contributed by atoms with Crippen molar-refractivity contribution in [1.82, 2.24) is 4.98 Å². The molecule has 0 aliphatic carbocycles. The predicted octanol–water partition coefficient (Wildman–Crippen LogP) is 2.74. The van der Waals surface area contributed by atoms with E-state index in [1.807, 2.05) is 0 Å². The van der Waals surface area contributed by atoms with E-state index in [4.69, 9.17) is 0 Å². The molecule has 1 N–H and O–H groups in total. The van der Waals surface area contributed by atoms with Crippen LogP contribution >= 0.6 is 0 Å². The van der Waals surface area contributed by atoms with E-state index in [1.165, 1.54) is 6.20 Å². The quantitative estimate of drug-likeness (QED) is 0.759. The van der Waals surface area contributed by atoms with Crippen LogP contribution in [0.25, 0.3) is 10.9 Å². The average Bonchev–Trinajstić information content (AvgIpc) is 2.30. The molecule has 0 fully saturated rings. The minimum atomic E-state index is -0.340. The number of aromatic nitrogens is 1. The Labute approximate surface area is 83.5 Å². The van der Waals surface area contributed by atoms with Crippen LogP contribution in [0.1, 0.15) is 0 Å². The van der Waals surface area contributed by atoms with Crippen molar-refractivity contribution in [3.63, 3.8) is 0 Å². The van der Waals surface area contributed by atoms with E-state index in [-0.39, 0.29) is 22.6 Å². The van der Waals surface area contributed by atoms with Gasteiger partial charge in [0.2, 0.25) is 0 Å². The maximum Gasteiger partial charge on any atom is 0.171 e. The Kier molecular flexibility index (Phi) is 2.09. The monoisotopic (exact) mass is 203 g/mol. The van der Waals surface area contributed by atoms with E-state index in [0.717, 1.165) is 6.07 Å². The smallest absolute Gasteiger partial charge is 0.171 e. The Hall–Kier alpha value is -2.37. The zero-order valence-electron chi connectivity index (χ0n) is 7.41. The second-order valence-corrected chi connectivity index (χ2v) is 2.85. The van der Waals surface area contributed by atoms with Gasteiger partial charge in [-0.15, -0.1) is 9.81 Å². The average molecular weight is 203 g/mol. The van der Waals surface area contributed by atoms with Gasteiger partial charge in [0, 0.05) is 17.6 Å². The first kappa shape index (κ1) is 9.20. The third-order valence-corrected chi connectivity index (χ3v) is 2.02. The molecule has 0 aliphatic heterocycles. The summed E-state index contributed by atoms with van der Waals surface area (Å²) in [6.07, 6.45) is 1.44. The number of rotatable bonds is 2. The van der Waals surface area contributed by atoms with Gasteiger partial charge in [-0.25, -0.2) is 0 Å². The fourth-order valence-electron chi connectivity index (χ4n) is 1.34.